The number of rotatable bonds is 6. The second kappa shape index (κ2) is 9.53. The van der Waals surface area contributed by atoms with Crippen molar-refractivity contribution in [3.63, 3.8) is 0 Å². The minimum Gasteiger partial charge on any atom is -0.383 e. The first-order valence-corrected chi connectivity index (χ1v) is 9.59. The molecule has 0 radical (unpaired) electrons. The zero-order chi connectivity index (χ0) is 19.1. The minimum atomic E-state index is -0.697. The number of hydrogen-bond donors (Lipinski definition) is 1. The van der Waals surface area contributed by atoms with Crippen LogP contribution in [0.15, 0.2) is 58.2 Å². The van der Waals surface area contributed by atoms with Gasteiger partial charge in [-0.2, -0.15) is 0 Å². The molecule has 1 heterocycles. The molecule has 0 aromatic heterocycles. The van der Waals surface area contributed by atoms with Crippen molar-refractivity contribution in [2.24, 2.45) is 5.16 Å². The number of oxime groups is 1. The van der Waals surface area contributed by atoms with Crippen LogP contribution in [0.4, 0.5) is 11.4 Å². The number of amides is 1. The smallest absolute Gasteiger partial charge is 0.267 e. The van der Waals surface area contributed by atoms with Crippen LogP contribution < -0.4 is 10.2 Å². The first kappa shape index (κ1) is 19.4. The van der Waals surface area contributed by atoms with E-state index in [1.165, 1.54) is 5.69 Å². The average molecular weight is 432 g/mol. The number of anilines is 2. The molecule has 1 aliphatic rings. The van der Waals surface area contributed by atoms with Crippen molar-refractivity contribution >= 4 is 39.4 Å². The maximum Gasteiger partial charge on any atom is 0.267 e. The lowest BCUT2D eigenvalue weighted by Crippen LogP contribution is -2.36. The van der Waals surface area contributed by atoms with E-state index in [9.17, 15) is 4.79 Å². The summed E-state index contributed by atoms with van der Waals surface area (Å²) in [5.74, 6) is -0.253. The monoisotopic (exact) mass is 431 g/mol. The lowest BCUT2D eigenvalue weighted by molar-refractivity contribution is -0.126. The first-order chi connectivity index (χ1) is 13.1. The fourth-order valence-corrected chi connectivity index (χ4v) is 2.86. The van der Waals surface area contributed by atoms with Gasteiger partial charge in [0.1, 0.15) is 0 Å². The molecule has 142 valence electrons. The summed E-state index contributed by atoms with van der Waals surface area (Å²) in [5, 5.41) is 6.72. The predicted molar refractivity (Wildman–Crippen MR) is 110 cm³/mol. The van der Waals surface area contributed by atoms with Crippen molar-refractivity contribution in [2.75, 3.05) is 36.5 Å². The van der Waals surface area contributed by atoms with Crippen LogP contribution in [0.1, 0.15) is 12.5 Å². The SMILES string of the molecule is CC(O/N=C/c1ccc(N2CCOCC2)cc1)C(=O)Nc1ccc(Br)cc1. The van der Waals surface area contributed by atoms with Gasteiger partial charge in [-0.25, -0.2) is 0 Å². The highest BCUT2D eigenvalue weighted by Gasteiger charge is 2.14. The summed E-state index contributed by atoms with van der Waals surface area (Å²) in [7, 11) is 0. The number of nitrogens with one attached hydrogen (secondary N) is 1. The third-order valence-corrected chi connectivity index (χ3v) is 4.70. The van der Waals surface area contributed by atoms with E-state index >= 15 is 0 Å². The highest BCUT2D eigenvalue weighted by atomic mass is 79.9. The Labute approximate surface area is 167 Å². The van der Waals surface area contributed by atoms with E-state index in [0.717, 1.165) is 36.3 Å². The standard InChI is InChI=1S/C20H22BrN3O3/c1-15(20(25)23-18-6-4-17(21)5-7-18)27-22-14-16-2-8-19(9-3-16)24-10-12-26-13-11-24/h2-9,14-15H,10-13H2,1H3,(H,23,25)/b22-14+. The maximum atomic E-state index is 12.1. The van der Waals surface area contributed by atoms with Crippen LogP contribution in [-0.2, 0) is 14.4 Å². The van der Waals surface area contributed by atoms with E-state index in [0.29, 0.717) is 5.69 Å². The van der Waals surface area contributed by atoms with Gasteiger partial charge < -0.3 is 19.8 Å². The molecule has 2 aromatic rings. The van der Waals surface area contributed by atoms with Gasteiger partial charge in [0.05, 0.1) is 19.4 Å². The second-order valence-electron chi connectivity index (χ2n) is 6.17. The molecule has 1 aliphatic heterocycles. The molecule has 1 saturated heterocycles. The van der Waals surface area contributed by atoms with Crippen molar-refractivity contribution in [2.45, 2.75) is 13.0 Å². The molecule has 1 N–H and O–H groups in total. The predicted octanol–water partition coefficient (Wildman–Crippen LogP) is 3.66. The number of carbonyl (C=O) groups excluding carboxylic acids is 1. The Morgan fingerprint density at radius 3 is 2.52 bits per heavy atom. The zero-order valence-electron chi connectivity index (χ0n) is 15.1. The zero-order valence-corrected chi connectivity index (χ0v) is 16.7. The lowest BCUT2D eigenvalue weighted by atomic mass is 10.2. The van der Waals surface area contributed by atoms with Gasteiger partial charge in [0.15, 0.2) is 0 Å². The molecule has 1 atom stereocenters. The molecule has 2 aromatic carbocycles. The Morgan fingerprint density at radius 2 is 1.85 bits per heavy atom. The van der Waals surface area contributed by atoms with E-state index in [-0.39, 0.29) is 5.91 Å². The molecule has 7 heteroatoms. The number of ether oxygens (including phenoxy) is 1. The average Bonchev–Trinajstić information content (AvgIpc) is 2.71. The summed E-state index contributed by atoms with van der Waals surface area (Å²) in [5.41, 5.74) is 2.78. The molecule has 6 nitrogen and oxygen atoms in total. The van der Waals surface area contributed by atoms with E-state index in [1.54, 1.807) is 13.1 Å². The quantitative estimate of drug-likeness (QED) is 0.559. The Kier molecular flexibility index (Phi) is 6.84. The lowest BCUT2D eigenvalue weighted by Gasteiger charge is -2.28. The van der Waals surface area contributed by atoms with Crippen molar-refractivity contribution in [1.82, 2.24) is 0 Å². The van der Waals surface area contributed by atoms with Gasteiger partial charge in [-0.15, -0.1) is 0 Å². The Balaban J connectivity index is 1.48. The largest absolute Gasteiger partial charge is 0.383 e. The van der Waals surface area contributed by atoms with Crippen LogP contribution >= 0.6 is 15.9 Å². The number of carbonyl (C=O) groups is 1. The van der Waals surface area contributed by atoms with Crippen molar-refractivity contribution in [3.8, 4) is 0 Å². The minimum absolute atomic E-state index is 0.253. The molecule has 0 aliphatic carbocycles. The topological polar surface area (TPSA) is 63.2 Å². The van der Waals surface area contributed by atoms with Gasteiger partial charge in [0, 0.05) is 28.9 Å². The Hall–Kier alpha value is -2.38. The van der Waals surface area contributed by atoms with Crippen LogP contribution in [-0.4, -0.2) is 44.5 Å². The van der Waals surface area contributed by atoms with Crippen LogP contribution in [0.25, 0.3) is 0 Å². The molecule has 0 spiro atoms. The van der Waals surface area contributed by atoms with Gasteiger partial charge in [-0.1, -0.05) is 33.2 Å². The van der Waals surface area contributed by atoms with E-state index in [2.05, 4.69) is 43.4 Å². The number of benzene rings is 2. The van der Waals surface area contributed by atoms with E-state index in [1.807, 2.05) is 36.4 Å². The van der Waals surface area contributed by atoms with E-state index < -0.39 is 6.10 Å². The van der Waals surface area contributed by atoms with Crippen LogP contribution in [0, 0.1) is 0 Å². The van der Waals surface area contributed by atoms with Crippen molar-refractivity contribution in [3.05, 3.63) is 58.6 Å². The van der Waals surface area contributed by atoms with Gasteiger partial charge in [0.2, 0.25) is 6.10 Å². The molecular formula is C20H22BrN3O3. The molecule has 0 saturated carbocycles. The summed E-state index contributed by atoms with van der Waals surface area (Å²) < 4.78 is 6.32. The summed E-state index contributed by atoms with van der Waals surface area (Å²) in [6.07, 6.45) is 0.907. The highest BCUT2D eigenvalue weighted by Crippen LogP contribution is 2.16. The number of halogens is 1. The number of hydrogen-bond acceptors (Lipinski definition) is 5. The summed E-state index contributed by atoms with van der Waals surface area (Å²) in [6.45, 7) is 4.99. The fraction of sp³-hybridized carbons (Fsp3) is 0.300. The third-order valence-electron chi connectivity index (χ3n) is 4.17. The highest BCUT2D eigenvalue weighted by molar-refractivity contribution is 9.10. The second-order valence-corrected chi connectivity index (χ2v) is 7.08. The summed E-state index contributed by atoms with van der Waals surface area (Å²) in [4.78, 5) is 19.7. The fourth-order valence-electron chi connectivity index (χ4n) is 2.60. The van der Waals surface area contributed by atoms with Gasteiger partial charge in [-0.05, 0) is 48.9 Å². The van der Waals surface area contributed by atoms with Gasteiger partial charge in [0.25, 0.3) is 5.91 Å². The Bertz CT molecular complexity index is 772. The Morgan fingerprint density at radius 1 is 1.19 bits per heavy atom. The first-order valence-electron chi connectivity index (χ1n) is 8.80. The van der Waals surface area contributed by atoms with Crippen LogP contribution in [0.5, 0.6) is 0 Å². The number of nitrogens with zero attached hydrogens (tertiary/aromatic N) is 2. The van der Waals surface area contributed by atoms with Crippen molar-refractivity contribution < 1.29 is 14.4 Å². The molecule has 3 rings (SSSR count). The molecule has 1 amide bonds. The third kappa shape index (κ3) is 5.80. The molecule has 1 fully saturated rings. The van der Waals surface area contributed by atoms with Crippen LogP contribution in [0.2, 0.25) is 0 Å². The van der Waals surface area contributed by atoms with Crippen molar-refractivity contribution in [1.29, 1.82) is 0 Å². The number of morpholine rings is 1. The summed E-state index contributed by atoms with van der Waals surface area (Å²) in [6, 6.07) is 15.4. The molecular weight excluding hydrogens is 410 g/mol. The molecule has 0 bridgehead atoms. The van der Waals surface area contributed by atoms with Gasteiger partial charge in [-0.3, -0.25) is 4.79 Å². The normalized spacial score (nSPS) is 15.6. The summed E-state index contributed by atoms with van der Waals surface area (Å²) >= 11 is 3.36. The van der Waals surface area contributed by atoms with Crippen LogP contribution in [0.3, 0.4) is 0 Å². The maximum absolute atomic E-state index is 12.1. The molecule has 27 heavy (non-hydrogen) atoms. The molecule has 1 unspecified atom stereocenters. The van der Waals surface area contributed by atoms with E-state index in [4.69, 9.17) is 9.57 Å². The van der Waals surface area contributed by atoms with Gasteiger partial charge >= 0.3 is 0 Å².